The first-order valence-corrected chi connectivity index (χ1v) is 9.59. The maximum absolute atomic E-state index is 11.0. The van der Waals surface area contributed by atoms with Crippen LogP contribution in [0.5, 0.6) is 0 Å². The molecule has 0 bridgehead atoms. The number of rotatable bonds is 0. The largest absolute Gasteiger partial charge is 0.390 e. The number of nitrogens with two attached hydrogens (primary N) is 1. The number of hydrogen-bond donors (Lipinski definition) is 3. The Hall–Kier alpha value is -0.380. The van der Waals surface area contributed by atoms with E-state index in [1.54, 1.807) is 0 Å². The van der Waals surface area contributed by atoms with Crippen molar-refractivity contribution in [2.45, 2.75) is 77.0 Å². The monoisotopic (exact) mass is 319 g/mol. The van der Waals surface area contributed by atoms with Crippen molar-refractivity contribution in [1.29, 1.82) is 0 Å². The molecule has 9 atom stereocenters. The van der Waals surface area contributed by atoms with Crippen LogP contribution >= 0.6 is 0 Å². The summed E-state index contributed by atoms with van der Waals surface area (Å²) in [6, 6.07) is 0.187. The number of aliphatic hydroxyl groups excluding tert-OH is 2. The van der Waals surface area contributed by atoms with Crippen molar-refractivity contribution in [1.82, 2.24) is 0 Å². The van der Waals surface area contributed by atoms with Crippen LogP contribution in [0.2, 0.25) is 0 Å². The molecule has 0 amide bonds. The zero-order valence-electron chi connectivity index (χ0n) is 14.7. The van der Waals surface area contributed by atoms with Gasteiger partial charge >= 0.3 is 0 Å². The van der Waals surface area contributed by atoms with Gasteiger partial charge in [0.05, 0.1) is 12.2 Å². The molecule has 4 aliphatic rings. The molecule has 3 nitrogen and oxygen atoms in total. The molecule has 130 valence electrons. The van der Waals surface area contributed by atoms with Gasteiger partial charge in [-0.1, -0.05) is 26.0 Å². The van der Waals surface area contributed by atoms with E-state index < -0.39 is 12.2 Å². The van der Waals surface area contributed by atoms with E-state index in [2.05, 4.69) is 20.4 Å². The first kappa shape index (κ1) is 16.1. The Morgan fingerprint density at radius 2 is 1.74 bits per heavy atom. The van der Waals surface area contributed by atoms with Crippen molar-refractivity contribution in [3.63, 3.8) is 0 Å². The van der Waals surface area contributed by atoms with Crippen LogP contribution in [0.1, 0.15) is 58.8 Å². The maximum atomic E-state index is 11.0. The smallest absolute Gasteiger partial charge is 0.0836 e. The number of hydrogen-bond acceptors (Lipinski definition) is 3. The SMILES string of the molecule is C=C1CC[C@H]2[C@@H]3[C@@H](O)[C@H](O)C4C[C@@H](N)CC[C@]4(C)[C@H]3CC[C@]12C. The molecule has 4 saturated carbocycles. The zero-order valence-corrected chi connectivity index (χ0v) is 14.7. The van der Waals surface area contributed by atoms with E-state index in [0.29, 0.717) is 11.8 Å². The molecule has 0 aliphatic heterocycles. The second kappa shape index (κ2) is 5.06. The Kier molecular flexibility index (Phi) is 3.54. The molecule has 4 N–H and O–H groups in total. The molecule has 1 unspecified atom stereocenters. The van der Waals surface area contributed by atoms with Crippen molar-refractivity contribution in [3.8, 4) is 0 Å². The molecule has 4 rings (SSSR count). The quantitative estimate of drug-likeness (QED) is 0.602. The normalized spacial score (nSPS) is 59.2. The van der Waals surface area contributed by atoms with Gasteiger partial charge in [0.25, 0.3) is 0 Å². The Bertz CT molecular complexity index is 520. The van der Waals surface area contributed by atoms with Crippen LogP contribution < -0.4 is 5.73 Å². The summed E-state index contributed by atoms with van der Waals surface area (Å²) in [5.41, 5.74) is 7.89. The van der Waals surface area contributed by atoms with Gasteiger partial charge in [-0.25, -0.2) is 0 Å². The minimum absolute atomic E-state index is 0.143. The van der Waals surface area contributed by atoms with Gasteiger partial charge in [-0.3, -0.25) is 0 Å². The van der Waals surface area contributed by atoms with E-state index in [9.17, 15) is 10.2 Å². The summed E-state index contributed by atoms with van der Waals surface area (Å²) in [7, 11) is 0. The summed E-state index contributed by atoms with van der Waals surface area (Å²) in [6.07, 6.45) is 6.45. The minimum atomic E-state index is -0.608. The van der Waals surface area contributed by atoms with Crippen LogP contribution in [0.25, 0.3) is 0 Å². The Morgan fingerprint density at radius 1 is 1.00 bits per heavy atom. The molecule has 3 heteroatoms. The van der Waals surface area contributed by atoms with E-state index in [0.717, 1.165) is 32.1 Å². The summed E-state index contributed by atoms with van der Waals surface area (Å²) in [5.74, 6) is 1.42. The predicted octanol–water partition coefficient (Wildman–Crippen LogP) is 2.85. The molecule has 0 spiro atoms. The van der Waals surface area contributed by atoms with Crippen molar-refractivity contribution < 1.29 is 10.2 Å². The van der Waals surface area contributed by atoms with E-state index in [-0.39, 0.29) is 28.7 Å². The average Bonchev–Trinajstić information content (AvgIpc) is 2.82. The number of fused-ring (bicyclic) bond motifs is 5. The van der Waals surface area contributed by atoms with E-state index in [1.807, 2.05) is 0 Å². The molecule has 0 aromatic rings. The fraction of sp³-hybridized carbons (Fsp3) is 0.900. The van der Waals surface area contributed by atoms with Crippen LogP contribution in [0.4, 0.5) is 0 Å². The predicted molar refractivity (Wildman–Crippen MR) is 91.6 cm³/mol. The first-order valence-electron chi connectivity index (χ1n) is 9.59. The Balaban J connectivity index is 1.73. The molecular formula is C20H33NO2. The molecule has 0 saturated heterocycles. The van der Waals surface area contributed by atoms with Gasteiger partial charge in [0, 0.05) is 6.04 Å². The van der Waals surface area contributed by atoms with Crippen molar-refractivity contribution >= 4 is 0 Å². The molecule has 0 aromatic heterocycles. The summed E-state index contributed by atoms with van der Waals surface area (Å²) in [4.78, 5) is 0. The zero-order chi connectivity index (χ0) is 16.6. The Labute approximate surface area is 140 Å². The summed E-state index contributed by atoms with van der Waals surface area (Å²) >= 11 is 0. The molecule has 4 fully saturated rings. The third-order valence-corrected chi connectivity index (χ3v) is 8.75. The van der Waals surface area contributed by atoms with Crippen LogP contribution in [0, 0.1) is 34.5 Å². The van der Waals surface area contributed by atoms with E-state index >= 15 is 0 Å². The van der Waals surface area contributed by atoms with Crippen LogP contribution in [-0.4, -0.2) is 28.5 Å². The molecule has 23 heavy (non-hydrogen) atoms. The lowest BCUT2D eigenvalue weighted by Crippen LogP contribution is -2.64. The minimum Gasteiger partial charge on any atom is -0.390 e. The van der Waals surface area contributed by atoms with E-state index in [4.69, 9.17) is 5.73 Å². The molecule has 4 aliphatic carbocycles. The fourth-order valence-corrected chi connectivity index (χ4v) is 7.20. The standard InChI is InChI=1S/C20H33NO2/c1-11-4-5-13-16-14(7-9-19(11,13)2)20(3)8-6-12(21)10-15(20)17(22)18(16)23/h12-18,22-23H,1,4-10,21H2,2-3H3/t12-,13-,14-,15?,16-,17+,18+,19+,20+/m0/s1. The topological polar surface area (TPSA) is 66.5 Å². The lowest BCUT2D eigenvalue weighted by molar-refractivity contribution is -0.210. The van der Waals surface area contributed by atoms with Gasteiger partial charge in [0.2, 0.25) is 0 Å². The lowest BCUT2D eigenvalue weighted by atomic mass is 9.43. The van der Waals surface area contributed by atoms with Gasteiger partial charge < -0.3 is 15.9 Å². The molecule has 0 aromatic carbocycles. The van der Waals surface area contributed by atoms with E-state index in [1.165, 1.54) is 18.4 Å². The molecule has 0 heterocycles. The van der Waals surface area contributed by atoms with Crippen LogP contribution in [-0.2, 0) is 0 Å². The highest BCUT2D eigenvalue weighted by Gasteiger charge is 2.63. The third kappa shape index (κ3) is 1.99. The maximum Gasteiger partial charge on any atom is 0.0836 e. The second-order valence-corrected chi connectivity index (χ2v) is 9.52. The summed E-state index contributed by atoms with van der Waals surface area (Å²) < 4.78 is 0. The molecular weight excluding hydrogens is 286 g/mol. The second-order valence-electron chi connectivity index (χ2n) is 9.52. The lowest BCUT2D eigenvalue weighted by Gasteiger charge is -2.63. The van der Waals surface area contributed by atoms with Crippen molar-refractivity contribution in [3.05, 3.63) is 12.2 Å². The van der Waals surface area contributed by atoms with Crippen LogP contribution in [0.15, 0.2) is 12.2 Å². The van der Waals surface area contributed by atoms with Crippen molar-refractivity contribution in [2.24, 2.45) is 40.2 Å². The van der Waals surface area contributed by atoms with Crippen molar-refractivity contribution in [2.75, 3.05) is 0 Å². The first-order chi connectivity index (χ1) is 10.8. The third-order valence-electron chi connectivity index (χ3n) is 8.75. The van der Waals surface area contributed by atoms with Gasteiger partial charge in [0.1, 0.15) is 0 Å². The van der Waals surface area contributed by atoms with Gasteiger partial charge in [-0.2, -0.15) is 0 Å². The molecule has 0 radical (unpaired) electrons. The number of aliphatic hydroxyl groups is 2. The van der Waals surface area contributed by atoms with Gasteiger partial charge in [-0.05, 0) is 79.4 Å². The van der Waals surface area contributed by atoms with Gasteiger partial charge in [-0.15, -0.1) is 0 Å². The number of allylic oxidation sites excluding steroid dienone is 1. The van der Waals surface area contributed by atoms with Crippen LogP contribution in [0.3, 0.4) is 0 Å². The summed E-state index contributed by atoms with van der Waals surface area (Å²) in [6.45, 7) is 9.07. The Morgan fingerprint density at radius 3 is 2.48 bits per heavy atom. The fourth-order valence-electron chi connectivity index (χ4n) is 7.20. The average molecular weight is 319 g/mol. The van der Waals surface area contributed by atoms with Gasteiger partial charge in [0.15, 0.2) is 0 Å². The highest BCUT2D eigenvalue weighted by Crippen LogP contribution is 2.66. The highest BCUT2D eigenvalue weighted by atomic mass is 16.3. The highest BCUT2D eigenvalue weighted by molar-refractivity contribution is 5.23. The summed E-state index contributed by atoms with van der Waals surface area (Å²) in [5, 5.41) is 22.0.